The maximum Gasteiger partial charge on any atom is 0.300 e. The molecule has 0 saturated carbocycles. The molecule has 1 atom stereocenters. The summed E-state index contributed by atoms with van der Waals surface area (Å²) in [4.78, 5) is 30.6. The van der Waals surface area contributed by atoms with Crippen molar-refractivity contribution in [3.8, 4) is 17.2 Å². The van der Waals surface area contributed by atoms with E-state index in [9.17, 15) is 14.7 Å². The molecular weight excluding hydrogens is 508 g/mol. The molecule has 1 aliphatic rings. The molecule has 1 fully saturated rings. The van der Waals surface area contributed by atoms with Gasteiger partial charge in [-0.15, -0.1) is 0 Å². The molecule has 1 unspecified atom stereocenters. The van der Waals surface area contributed by atoms with Crippen molar-refractivity contribution in [2.45, 2.75) is 32.7 Å². The summed E-state index contributed by atoms with van der Waals surface area (Å²) in [6.07, 6.45) is 0. The lowest BCUT2D eigenvalue weighted by molar-refractivity contribution is -0.132. The van der Waals surface area contributed by atoms with Crippen LogP contribution in [0.5, 0.6) is 17.2 Å². The lowest BCUT2D eigenvalue weighted by Crippen LogP contribution is -2.29. The van der Waals surface area contributed by atoms with Crippen LogP contribution in [0.4, 0.5) is 11.4 Å². The van der Waals surface area contributed by atoms with Crippen LogP contribution in [0.2, 0.25) is 0 Å². The number of methoxy groups -OCH3 is 2. The fraction of sp³-hybridized carbons (Fsp3) is 0.312. The lowest BCUT2D eigenvalue weighted by atomic mass is 9.93. The van der Waals surface area contributed by atoms with Gasteiger partial charge in [-0.1, -0.05) is 19.9 Å². The molecule has 0 spiro atoms. The topological polar surface area (TPSA) is 88.5 Å². The highest BCUT2D eigenvalue weighted by atomic mass is 16.5. The fourth-order valence-corrected chi connectivity index (χ4v) is 4.94. The fourth-order valence-electron chi connectivity index (χ4n) is 4.94. The molecule has 0 aromatic heterocycles. The van der Waals surface area contributed by atoms with E-state index in [0.717, 1.165) is 11.3 Å². The Bertz CT molecular complexity index is 1440. The van der Waals surface area contributed by atoms with Crippen LogP contribution in [-0.2, 0) is 9.59 Å². The van der Waals surface area contributed by atoms with Crippen molar-refractivity contribution in [2.24, 2.45) is 0 Å². The zero-order valence-electron chi connectivity index (χ0n) is 24.0. The van der Waals surface area contributed by atoms with Gasteiger partial charge >= 0.3 is 0 Å². The van der Waals surface area contributed by atoms with Gasteiger partial charge in [-0.05, 0) is 78.6 Å². The Morgan fingerprint density at radius 1 is 0.925 bits per heavy atom. The Labute approximate surface area is 235 Å². The molecule has 1 aliphatic heterocycles. The van der Waals surface area contributed by atoms with Crippen LogP contribution in [0.15, 0.2) is 66.2 Å². The summed E-state index contributed by atoms with van der Waals surface area (Å²) in [7, 11) is 6.90. The van der Waals surface area contributed by atoms with E-state index in [4.69, 9.17) is 14.2 Å². The maximum atomic E-state index is 13.6. The maximum absolute atomic E-state index is 13.6. The summed E-state index contributed by atoms with van der Waals surface area (Å²) in [5, 5.41) is 11.7. The molecule has 0 radical (unpaired) electrons. The van der Waals surface area contributed by atoms with Gasteiger partial charge in [0.2, 0.25) is 0 Å². The van der Waals surface area contributed by atoms with Crippen molar-refractivity contribution < 1.29 is 28.9 Å². The number of anilines is 2. The van der Waals surface area contributed by atoms with Gasteiger partial charge in [-0.3, -0.25) is 14.5 Å². The number of hydrogen-bond acceptors (Lipinski definition) is 7. The number of benzene rings is 3. The lowest BCUT2D eigenvalue weighted by Gasteiger charge is -2.26. The molecule has 1 heterocycles. The van der Waals surface area contributed by atoms with Crippen LogP contribution in [-0.4, -0.2) is 51.7 Å². The van der Waals surface area contributed by atoms with E-state index in [2.05, 4.69) is 0 Å². The van der Waals surface area contributed by atoms with E-state index in [1.54, 1.807) is 42.5 Å². The zero-order chi connectivity index (χ0) is 29.1. The first kappa shape index (κ1) is 28.5. The van der Waals surface area contributed by atoms with Gasteiger partial charge in [-0.2, -0.15) is 0 Å². The summed E-state index contributed by atoms with van der Waals surface area (Å²) in [6.45, 7) is 6.47. The average Bonchev–Trinajstić information content (AvgIpc) is 3.22. The second-order valence-corrected chi connectivity index (χ2v) is 10.0. The number of aliphatic hydroxyl groups excluding tert-OH is 1. The van der Waals surface area contributed by atoms with Gasteiger partial charge in [0.05, 0.1) is 32.4 Å². The van der Waals surface area contributed by atoms with E-state index in [1.165, 1.54) is 19.1 Å². The molecular formula is C32H36N2O6. The third kappa shape index (κ3) is 5.21. The van der Waals surface area contributed by atoms with Crippen LogP contribution in [0.25, 0.3) is 5.76 Å². The van der Waals surface area contributed by atoms with E-state index in [0.29, 0.717) is 40.7 Å². The van der Waals surface area contributed by atoms with Gasteiger partial charge < -0.3 is 24.2 Å². The van der Waals surface area contributed by atoms with Crippen LogP contribution in [0, 0.1) is 0 Å². The van der Waals surface area contributed by atoms with Crippen molar-refractivity contribution in [3.05, 3.63) is 82.9 Å². The van der Waals surface area contributed by atoms with Crippen LogP contribution in [0.1, 0.15) is 49.4 Å². The summed E-state index contributed by atoms with van der Waals surface area (Å²) in [5.74, 6) is 0.0160. The molecule has 1 N–H and O–H groups in total. The highest BCUT2D eigenvalue weighted by Gasteiger charge is 2.47. The molecule has 0 bridgehead atoms. The SMILES string of the molecule is CCOc1ccc(/C(O)=C2\C(=O)C(=O)N(c3ccc(N(C)C)cc3)C2c2ccc(OC)c(OC)c2)cc1C(C)C. The molecule has 3 aromatic carbocycles. The number of aliphatic hydroxyl groups is 1. The zero-order valence-corrected chi connectivity index (χ0v) is 24.0. The van der Waals surface area contributed by atoms with E-state index in [-0.39, 0.29) is 17.3 Å². The largest absolute Gasteiger partial charge is 0.507 e. The second kappa shape index (κ2) is 11.7. The number of carbonyl (C=O) groups excluding carboxylic acids is 2. The Morgan fingerprint density at radius 3 is 2.15 bits per heavy atom. The molecule has 4 rings (SSSR count). The van der Waals surface area contributed by atoms with Crippen molar-refractivity contribution in [3.63, 3.8) is 0 Å². The molecule has 1 amide bonds. The first-order valence-electron chi connectivity index (χ1n) is 13.2. The van der Waals surface area contributed by atoms with E-state index >= 15 is 0 Å². The summed E-state index contributed by atoms with van der Waals surface area (Å²) in [6, 6.07) is 17.0. The standard InChI is InChI=1S/C32H36N2O6/c1-8-40-25-15-10-21(17-24(25)19(2)3)30(35)28-29(20-9-16-26(38-6)27(18-20)39-7)34(32(37)31(28)36)23-13-11-22(12-14-23)33(4)5/h9-19,29,35H,8H2,1-7H3/b30-28+. The quantitative estimate of drug-likeness (QED) is 0.203. The number of Topliss-reactive ketones (excluding diaryl/α,β-unsaturated/α-hetero) is 1. The predicted octanol–water partition coefficient (Wildman–Crippen LogP) is 5.92. The molecule has 0 aliphatic carbocycles. The summed E-state index contributed by atoms with van der Waals surface area (Å²) >= 11 is 0. The number of carbonyl (C=O) groups is 2. The van der Waals surface area contributed by atoms with Gasteiger partial charge in [0.25, 0.3) is 11.7 Å². The van der Waals surface area contributed by atoms with Crippen molar-refractivity contribution in [2.75, 3.05) is 44.7 Å². The van der Waals surface area contributed by atoms with Crippen LogP contribution >= 0.6 is 0 Å². The van der Waals surface area contributed by atoms with Gasteiger partial charge in [0, 0.05) is 31.0 Å². The minimum atomic E-state index is -0.904. The Kier molecular flexibility index (Phi) is 8.38. The number of amides is 1. The predicted molar refractivity (Wildman–Crippen MR) is 157 cm³/mol. The molecule has 210 valence electrons. The van der Waals surface area contributed by atoms with Gasteiger partial charge in [0.15, 0.2) is 11.5 Å². The van der Waals surface area contributed by atoms with Crippen molar-refractivity contribution >= 4 is 28.8 Å². The molecule has 1 saturated heterocycles. The Morgan fingerprint density at radius 2 is 1.57 bits per heavy atom. The molecule has 40 heavy (non-hydrogen) atoms. The van der Waals surface area contributed by atoms with Crippen LogP contribution < -0.4 is 24.0 Å². The third-order valence-corrected chi connectivity index (χ3v) is 7.02. The summed E-state index contributed by atoms with van der Waals surface area (Å²) in [5.41, 5.74) is 3.37. The Balaban J connectivity index is 1.95. The number of ketones is 1. The molecule has 8 nitrogen and oxygen atoms in total. The highest BCUT2D eigenvalue weighted by molar-refractivity contribution is 6.51. The normalized spacial score (nSPS) is 16.4. The number of hydrogen-bond donors (Lipinski definition) is 1. The van der Waals surface area contributed by atoms with Gasteiger partial charge in [-0.25, -0.2) is 0 Å². The van der Waals surface area contributed by atoms with E-state index in [1.807, 2.05) is 58.0 Å². The minimum absolute atomic E-state index is 0.00669. The first-order chi connectivity index (χ1) is 19.1. The number of rotatable bonds is 9. The Hall–Kier alpha value is -4.46. The van der Waals surface area contributed by atoms with Crippen molar-refractivity contribution in [1.29, 1.82) is 0 Å². The summed E-state index contributed by atoms with van der Waals surface area (Å²) < 4.78 is 16.7. The monoisotopic (exact) mass is 544 g/mol. The highest BCUT2D eigenvalue weighted by Crippen LogP contribution is 2.45. The van der Waals surface area contributed by atoms with Crippen LogP contribution in [0.3, 0.4) is 0 Å². The van der Waals surface area contributed by atoms with Crippen molar-refractivity contribution in [1.82, 2.24) is 0 Å². The number of nitrogens with zero attached hydrogens (tertiary/aromatic N) is 2. The smallest absolute Gasteiger partial charge is 0.300 e. The average molecular weight is 545 g/mol. The third-order valence-electron chi connectivity index (χ3n) is 7.02. The number of ether oxygens (including phenoxy) is 3. The second-order valence-electron chi connectivity index (χ2n) is 10.0. The van der Waals surface area contributed by atoms with Gasteiger partial charge in [0.1, 0.15) is 11.5 Å². The molecule has 8 heteroatoms. The molecule has 3 aromatic rings. The van der Waals surface area contributed by atoms with E-state index < -0.39 is 17.7 Å². The first-order valence-corrected chi connectivity index (χ1v) is 13.2. The minimum Gasteiger partial charge on any atom is -0.507 e.